The maximum absolute atomic E-state index is 12.3. The average Bonchev–Trinajstić information content (AvgIpc) is 2.61. The van der Waals surface area contributed by atoms with E-state index in [1.807, 2.05) is 19.1 Å². The molecule has 0 saturated heterocycles. The SMILES string of the molecule is Cc1ccc(C(=O)[C@H](C)OC(=O)c2ccc3c(c2)OCCO3)cc1. The quantitative estimate of drug-likeness (QED) is 0.638. The zero-order valence-corrected chi connectivity index (χ0v) is 13.6. The van der Waals surface area contributed by atoms with Gasteiger partial charge in [-0.2, -0.15) is 0 Å². The molecule has 0 radical (unpaired) electrons. The van der Waals surface area contributed by atoms with Gasteiger partial charge in [-0.15, -0.1) is 0 Å². The van der Waals surface area contributed by atoms with Crippen LogP contribution in [-0.2, 0) is 4.74 Å². The van der Waals surface area contributed by atoms with Crippen LogP contribution in [0.5, 0.6) is 11.5 Å². The first-order valence-electron chi connectivity index (χ1n) is 7.76. The van der Waals surface area contributed by atoms with Crippen LogP contribution >= 0.6 is 0 Å². The van der Waals surface area contributed by atoms with Crippen LogP contribution in [0.2, 0.25) is 0 Å². The summed E-state index contributed by atoms with van der Waals surface area (Å²) in [5, 5.41) is 0. The van der Waals surface area contributed by atoms with E-state index in [0.29, 0.717) is 35.8 Å². The van der Waals surface area contributed by atoms with Crippen molar-refractivity contribution in [1.29, 1.82) is 0 Å². The van der Waals surface area contributed by atoms with Gasteiger partial charge in [0.1, 0.15) is 13.2 Å². The molecule has 0 spiro atoms. The standard InChI is InChI=1S/C19H18O5/c1-12-3-5-14(6-4-12)18(20)13(2)24-19(21)15-7-8-16-17(11-15)23-10-9-22-16/h3-8,11,13H,9-10H2,1-2H3/t13-/m0/s1. The van der Waals surface area contributed by atoms with Crippen molar-refractivity contribution in [2.24, 2.45) is 0 Å². The van der Waals surface area contributed by atoms with Crippen molar-refractivity contribution in [3.8, 4) is 11.5 Å². The minimum absolute atomic E-state index is 0.235. The zero-order valence-electron chi connectivity index (χ0n) is 13.6. The average molecular weight is 326 g/mol. The highest BCUT2D eigenvalue weighted by Gasteiger charge is 2.22. The number of hydrogen-bond donors (Lipinski definition) is 0. The van der Waals surface area contributed by atoms with Crippen LogP contribution in [0.3, 0.4) is 0 Å². The van der Waals surface area contributed by atoms with Crippen LogP contribution in [0, 0.1) is 6.92 Å². The summed E-state index contributed by atoms with van der Waals surface area (Å²) in [6.45, 7) is 4.43. The molecule has 0 saturated carbocycles. The van der Waals surface area contributed by atoms with E-state index in [9.17, 15) is 9.59 Å². The molecule has 5 heteroatoms. The normalized spacial score (nSPS) is 13.9. The van der Waals surface area contributed by atoms with E-state index in [-0.39, 0.29) is 5.78 Å². The molecule has 0 unspecified atom stereocenters. The molecule has 124 valence electrons. The van der Waals surface area contributed by atoms with Crippen LogP contribution in [0.15, 0.2) is 42.5 Å². The highest BCUT2D eigenvalue weighted by molar-refractivity contribution is 6.01. The summed E-state index contributed by atoms with van der Waals surface area (Å²) < 4.78 is 16.2. The van der Waals surface area contributed by atoms with Gasteiger partial charge in [-0.3, -0.25) is 4.79 Å². The van der Waals surface area contributed by atoms with Crippen molar-refractivity contribution in [3.05, 3.63) is 59.2 Å². The van der Waals surface area contributed by atoms with Gasteiger partial charge in [-0.1, -0.05) is 29.8 Å². The molecule has 1 aliphatic heterocycles. The maximum Gasteiger partial charge on any atom is 0.338 e. The Balaban J connectivity index is 1.69. The van der Waals surface area contributed by atoms with Crippen LogP contribution in [0.25, 0.3) is 0 Å². The van der Waals surface area contributed by atoms with E-state index in [2.05, 4.69) is 0 Å². The van der Waals surface area contributed by atoms with Crippen LogP contribution in [0.1, 0.15) is 33.2 Å². The molecule has 5 nitrogen and oxygen atoms in total. The van der Waals surface area contributed by atoms with Gasteiger partial charge in [0, 0.05) is 5.56 Å². The van der Waals surface area contributed by atoms with Crippen molar-refractivity contribution in [2.45, 2.75) is 20.0 Å². The summed E-state index contributed by atoms with van der Waals surface area (Å²) in [7, 11) is 0. The van der Waals surface area contributed by atoms with Crippen molar-refractivity contribution in [1.82, 2.24) is 0 Å². The van der Waals surface area contributed by atoms with E-state index >= 15 is 0 Å². The van der Waals surface area contributed by atoms with Crippen LogP contribution in [0.4, 0.5) is 0 Å². The maximum atomic E-state index is 12.3. The van der Waals surface area contributed by atoms with Crippen LogP contribution < -0.4 is 9.47 Å². The Kier molecular flexibility index (Phi) is 4.51. The number of ketones is 1. The molecule has 0 bridgehead atoms. The van der Waals surface area contributed by atoms with Crippen molar-refractivity contribution in [2.75, 3.05) is 13.2 Å². The molecule has 0 aromatic heterocycles. The Labute approximate surface area is 140 Å². The fraction of sp³-hybridized carbons (Fsp3) is 0.263. The Morgan fingerprint density at radius 3 is 2.29 bits per heavy atom. The van der Waals surface area contributed by atoms with Gasteiger partial charge in [0.15, 0.2) is 17.6 Å². The monoisotopic (exact) mass is 326 g/mol. The van der Waals surface area contributed by atoms with Gasteiger partial charge < -0.3 is 14.2 Å². The predicted molar refractivity (Wildman–Crippen MR) is 87.8 cm³/mol. The minimum atomic E-state index is -0.867. The van der Waals surface area contributed by atoms with Crippen LogP contribution in [-0.4, -0.2) is 31.1 Å². The fourth-order valence-electron chi connectivity index (χ4n) is 2.40. The van der Waals surface area contributed by atoms with Gasteiger partial charge in [0.05, 0.1) is 5.56 Å². The minimum Gasteiger partial charge on any atom is -0.486 e. The number of aryl methyl sites for hydroxylation is 1. The van der Waals surface area contributed by atoms with Gasteiger partial charge in [-0.25, -0.2) is 4.79 Å². The number of esters is 1. The smallest absolute Gasteiger partial charge is 0.338 e. The van der Waals surface area contributed by atoms with E-state index in [1.165, 1.54) is 0 Å². The highest BCUT2D eigenvalue weighted by atomic mass is 16.6. The molecule has 0 amide bonds. The number of Topliss-reactive ketones (excluding diaryl/α,β-unsaturated/α-hetero) is 1. The molecule has 0 N–H and O–H groups in total. The van der Waals surface area contributed by atoms with Crippen molar-refractivity contribution >= 4 is 11.8 Å². The molecular formula is C19H18O5. The van der Waals surface area contributed by atoms with Crippen molar-refractivity contribution in [3.63, 3.8) is 0 Å². The molecular weight excluding hydrogens is 308 g/mol. The third-order valence-electron chi connectivity index (χ3n) is 3.77. The zero-order chi connectivity index (χ0) is 17.1. The molecule has 2 aromatic carbocycles. The summed E-state index contributed by atoms with van der Waals surface area (Å²) in [6.07, 6.45) is -0.867. The fourth-order valence-corrected chi connectivity index (χ4v) is 2.40. The number of hydrogen-bond acceptors (Lipinski definition) is 5. The Morgan fingerprint density at radius 1 is 0.958 bits per heavy atom. The summed E-state index contributed by atoms with van der Waals surface area (Å²) in [6, 6.07) is 12.0. The second-order valence-electron chi connectivity index (χ2n) is 5.64. The lowest BCUT2D eigenvalue weighted by Crippen LogP contribution is -2.24. The molecule has 1 aliphatic rings. The summed E-state index contributed by atoms with van der Waals surface area (Å²) in [5.74, 6) is 0.302. The first-order chi connectivity index (χ1) is 11.5. The molecule has 24 heavy (non-hydrogen) atoms. The lowest BCUT2D eigenvalue weighted by Gasteiger charge is -2.19. The number of carbonyl (C=O) groups is 2. The first-order valence-corrected chi connectivity index (χ1v) is 7.76. The Morgan fingerprint density at radius 2 is 1.58 bits per heavy atom. The number of carbonyl (C=O) groups excluding carboxylic acids is 2. The van der Waals surface area contributed by atoms with E-state index in [4.69, 9.17) is 14.2 Å². The Hall–Kier alpha value is -2.82. The molecule has 1 heterocycles. The number of rotatable bonds is 4. The van der Waals surface area contributed by atoms with Crippen molar-refractivity contribution < 1.29 is 23.8 Å². The summed E-state index contributed by atoms with van der Waals surface area (Å²) in [4.78, 5) is 24.6. The second-order valence-corrected chi connectivity index (χ2v) is 5.64. The highest BCUT2D eigenvalue weighted by Crippen LogP contribution is 2.31. The summed E-state index contributed by atoms with van der Waals surface area (Å²) in [5.41, 5.74) is 1.90. The first kappa shape index (κ1) is 16.1. The molecule has 1 atom stereocenters. The number of benzene rings is 2. The summed E-state index contributed by atoms with van der Waals surface area (Å²) >= 11 is 0. The number of fused-ring (bicyclic) bond motifs is 1. The number of ether oxygens (including phenoxy) is 3. The van der Waals surface area contributed by atoms with Gasteiger partial charge >= 0.3 is 5.97 Å². The van der Waals surface area contributed by atoms with E-state index in [0.717, 1.165) is 5.56 Å². The topological polar surface area (TPSA) is 61.8 Å². The third-order valence-corrected chi connectivity index (χ3v) is 3.77. The lowest BCUT2D eigenvalue weighted by molar-refractivity contribution is 0.0318. The van der Waals surface area contributed by atoms with E-state index < -0.39 is 12.1 Å². The van der Waals surface area contributed by atoms with E-state index in [1.54, 1.807) is 37.3 Å². The molecule has 3 rings (SSSR count). The largest absolute Gasteiger partial charge is 0.486 e. The second kappa shape index (κ2) is 6.74. The molecule has 0 fully saturated rings. The van der Waals surface area contributed by atoms with Gasteiger partial charge in [-0.05, 0) is 32.0 Å². The van der Waals surface area contributed by atoms with Gasteiger partial charge in [0.25, 0.3) is 0 Å². The molecule has 0 aliphatic carbocycles. The predicted octanol–water partition coefficient (Wildman–Crippen LogP) is 3.19. The Bertz CT molecular complexity index is 764. The van der Waals surface area contributed by atoms with Gasteiger partial charge in [0.2, 0.25) is 5.78 Å². The lowest BCUT2D eigenvalue weighted by atomic mass is 10.1. The third kappa shape index (κ3) is 3.40. The molecule has 2 aromatic rings.